The Morgan fingerprint density at radius 3 is 3.14 bits per heavy atom. The number of fused-ring (bicyclic) bond motifs is 3. The maximum atomic E-state index is 5.33. The molecule has 0 radical (unpaired) electrons. The Bertz CT molecular complexity index is 796. The van der Waals surface area contributed by atoms with Crippen molar-refractivity contribution < 1.29 is 4.74 Å². The van der Waals surface area contributed by atoms with Crippen LogP contribution in [0, 0.1) is 0 Å². The van der Waals surface area contributed by atoms with Crippen LogP contribution in [0.15, 0.2) is 42.6 Å². The normalized spacial score (nSPS) is 17.3. The number of methoxy groups -OCH3 is 1. The van der Waals surface area contributed by atoms with Crippen LogP contribution in [0.5, 0.6) is 5.75 Å². The summed E-state index contributed by atoms with van der Waals surface area (Å²) in [6, 6.07) is 12.4. The summed E-state index contributed by atoms with van der Waals surface area (Å²) >= 11 is 0. The fourth-order valence-corrected chi connectivity index (χ4v) is 2.94. The largest absolute Gasteiger partial charge is 0.497 e. The van der Waals surface area contributed by atoms with E-state index in [1.807, 2.05) is 18.2 Å². The minimum absolute atomic E-state index is 0.213. The molecule has 5 heteroatoms. The van der Waals surface area contributed by atoms with Gasteiger partial charge in [0, 0.05) is 12.7 Å². The molecule has 1 atom stereocenters. The van der Waals surface area contributed by atoms with Crippen LogP contribution in [0.4, 0.5) is 5.82 Å². The molecular weight excluding hydrogens is 264 g/mol. The molecular formula is C16H16N4O. The first-order chi connectivity index (χ1) is 10.4. The third-order valence-electron chi connectivity index (χ3n) is 3.96. The van der Waals surface area contributed by atoms with Crippen LogP contribution in [-0.4, -0.2) is 28.4 Å². The summed E-state index contributed by atoms with van der Waals surface area (Å²) in [5.74, 6) is 1.93. The van der Waals surface area contributed by atoms with E-state index in [9.17, 15) is 0 Å². The van der Waals surface area contributed by atoms with Crippen molar-refractivity contribution in [1.82, 2.24) is 14.8 Å². The van der Waals surface area contributed by atoms with Gasteiger partial charge in [0.1, 0.15) is 11.6 Å². The van der Waals surface area contributed by atoms with E-state index in [0.29, 0.717) is 0 Å². The van der Waals surface area contributed by atoms with Crippen molar-refractivity contribution in [2.45, 2.75) is 12.5 Å². The van der Waals surface area contributed by atoms with E-state index in [1.165, 1.54) is 5.56 Å². The standard InChI is InChI=1S/C16H16N4O/c1-21-12-5-2-4-11(10-12)14-7-9-18-16-13-6-3-8-17-15(13)19-20(14)16/h2-6,8,10,14,18H,7,9H2,1H3. The maximum Gasteiger partial charge on any atom is 0.183 e. The van der Waals surface area contributed by atoms with Gasteiger partial charge in [0.05, 0.1) is 18.5 Å². The van der Waals surface area contributed by atoms with Gasteiger partial charge < -0.3 is 10.1 Å². The summed E-state index contributed by atoms with van der Waals surface area (Å²) in [4.78, 5) is 4.35. The highest BCUT2D eigenvalue weighted by Crippen LogP contribution is 2.34. The van der Waals surface area contributed by atoms with Crippen molar-refractivity contribution >= 4 is 16.9 Å². The molecule has 106 valence electrons. The molecule has 21 heavy (non-hydrogen) atoms. The predicted octanol–water partition coefficient (Wildman–Crippen LogP) is 2.84. The van der Waals surface area contributed by atoms with Gasteiger partial charge in [-0.25, -0.2) is 9.67 Å². The van der Waals surface area contributed by atoms with Crippen LogP contribution in [-0.2, 0) is 0 Å². The Morgan fingerprint density at radius 2 is 2.24 bits per heavy atom. The number of pyridine rings is 1. The number of anilines is 1. The average molecular weight is 280 g/mol. The molecule has 0 aliphatic carbocycles. The molecule has 0 saturated carbocycles. The van der Waals surface area contributed by atoms with E-state index in [0.717, 1.165) is 35.6 Å². The number of hydrogen-bond acceptors (Lipinski definition) is 4. The third kappa shape index (κ3) is 1.93. The van der Waals surface area contributed by atoms with E-state index >= 15 is 0 Å². The molecule has 2 aromatic heterocycles. The average Bonchev–Trinajstić information content (AvgIpc) is 2.93. The summed E-state index contributed by atoms with van der Waals surface area (Å²) in [7, 11) is 1.69. The smallest absolute Gasteiger partial charge is 0.183 e. The molecule has 5 nitrogen and oxygen atoms in total. The first-order valence-corrected chi connectivity index (χ1v) is 7.08. The topological polar surface area (TPSA) is 52.0 Å². The molecule has 4 rings (SSSR count). The molecule has 3 aromatic rings. The summed E-state index contributed by atoms with van der Waals surface area (Å²) in [6.07, 6.45) is 2.77. The zero-order valence-electron chi connectivity index (χ0n) is 11.8. The number of nitrogens with one attached hydrogen (secondary N) is 1. The molecule has 1 N–H and O–H groups in total. The highest BCUT2D eigenvalue weighted by Gasteiger charge is 2.25. The van der Waals surface area contributed by atoms with E-state index in [2.05, 4.69) is 38.3 Å². The molecule has 1 aromatic carbocycles. The molecule has 0 saturated heterocycles. The Hall–Kier alpha value is -2.56. The molecule has 0 spiro atoms. The zero-order chi connectivity index (χ0) is 14.2. The number of benzene rings is 1. The number of ether oxygens (including phenoxy) is 1. The van der Waals surface area contributed by atoms with Gasteiger partial charge in [-0.05, 0) is 36.2 Å². The highest BCUT2D eigenvalue weighted by atomic mass is 16.5. The van der Waals surface area contributed by atoms with Gasteiger partial charge >= 0.3 is 0 Å². The molecule has 0 bridgehead atoms. The molecule has 0 amide bonds. The summed E-state index contributed by atoms with van der Waals surface area (Å²) < 4.78 is 7.39. The van der Waals surface area contributed by atoms with E-state index in [4.69, 9.17) is 4.74 Å². The summed E-state index contributed by atoms with van der Waals surface area (Å²) in [5, 5.41) is 9.19. The Balaban J connectivity index is 1.86. The second kappa shape index (κ2) is 4.77. The van der Waals surface area contributed by atoms with E-state index in [1.54, 1.807) is 13.3 Å². The van der Waals surface area contributed by atoms with Crippen molar-refractivity contribution in [3.05, 3.63) is 48.2 Å². The van der Waals surface area contributed by atoms with Crippen LogP contribution < -0.4 is 10.1 Å². The fourth-order valence-electron chi connectivity index (χ4n) is 2.94. The lowest BCUT2D eigenvalue weighted by molar-refractivity contribution is 0.411. The van der Waals surface area contributed by atoms with Gasteiger partial charge in [-0.2, -0.15) is 0 Å². The molecule has 1 unspecified atom stereocenters. The Labute approximate surface area is 122 Å². The number of nitrogens with zero attached hydrogens (tertiary/aromatic N) is 3. The lowest BCUT2D eigenvalue weighted by atomic mass is 10.0. The summed E-state index contributed by atoms with van der Waals surface area (Å²) in [5.41, 5.74) is 2.00. The third-order valence-corrected chi connectivity index (χ3v) is 3.96. The molecule has 1 aliphatic rings. The minimum atomic E-state index is 0.213. The van der Waals surface area contributed by atoms with E-state index in [-0.39, 0.29) is 6.04 Å². The Kier molecular flexibility index (Phi) is 2.77. The van der Waals surface area contributed by atoms with Crippen molar-refractivity contribution in [1.29, 1.82) is 0 Å². The number of aromatic nitrogens is 3. The van der Waals surface area contributed by atoms with Crippen LogP contribution >= 0.6 is 0 Å². The number of rotatable bonds is 2. The van der Waals surface area contributed by atoms with Gasteiger partial charge in [-0.15, -0.1) is 5.10 Å². The van der Waals surface area contributed by atoms with Gasteiger partial charge in [0.15, 0.2) is 5.65 Å². The van der Waals surface area contributed by atoms with Crippen molar-refractivity contribution in [2.24, 2.45) is 0 Å². The fraction of sp³-hybridized carbons (Fsp3) is 0.250. The lowest BCUT2D eigenvalue weighted by Crippen LogP contribution is -2.24. The van der Waals surface area contributed by atoms with Crippen molar-refractivity contribution in [3.63, 3.8) is 0 Å². The maximum absolute atomic E-state index is 5.33. The van der Waals surface area contributed by atoms with Crippen LogP contribution in [0.2, 0.25) is 0 Å². The van der Waals surface area contributed by atoms with Crippen molar-refractivity contribution in [3.8, 4) is 5.75 Å². The van der Waals surface area contributed by atoms with Crippen LogP contribution in [0.25, 0.3) is 11.0 Å². The van der Waals surface area contributed by atoms with Gasteiger partial charge in [0.25, 0.3) is 0 Å². The second-order valence-electron chi connectivity index (χ2n) is 5.18. The second-order valence-corrected chi connectivity index (χ2v) is 5.18. The molecule has 0 fully saturated rings. The van der Waals surface area contributed by atoms with Gasteiger partial charge in [0.2, 0.25) is 0 Å². The molecule has 1 aliphatic heterocycles. The SMILES string of the molecule is COc1cccc(C2CCNc3c4cccnc4nn32)c1. The number of hydrogen-bond donors (Lipinski definition) is 1. The van der Waals surface area contributed by atoms with Crippen LogP contribution in [0.1, 0.15) is 18.0 Å². The van der Waals surface area contributed by atoms with Crippen LogP contribution in [0.3, 0.4) is 0 Å². The first kappa shape index (κ1) is 12.2. The minimum Gasteiger partial charge on any atom is -0.497 e. The van der Waals surface area contributed by atoms with Crippen molar-refractivity contribution in [2.75, 3.05) is 19.0 Å². The highest BCUT2D eigenvalue weighted by molar-refractivity contribution is 5.87. The molecule has 3 heterocycles. The lowest BCUT2D eigenvalue weighted by Gasteiger charge is -2.26. The quantitative estimate of drug-likeness (QED) is 0.784. The Morgan fingerprint density at radius 1 is 1.29 bits per heavy atom. The van der Waals surface area contributed by atoms with E-state index < -0.39 is 0 Å². The zero-order valence-corrected chi connectivity index (χ0v) is 11.8. The van der Waals surface area contributed by atoms with Gasteiger partial charge in [-0.3, -0.25) is 0 Å². The van der Waals surface area contributed by atoms with Gasteiger partial charge in [-0.1, -0.05) is 12.1 Å². The summed E-state index contributed by atoms with van der Waals surface area (Å²) in [6.45, 7) is 0.928. The predicted molar refractivity (Wildman–Crippen MR) is 81.8 cm³/mol. The first-order valence-electron chi connectivity index (χ1n) is 7.08. The monoisotopic (exact) mass is 280 g/mol.